The molecule has 0 spiro atoms. The van der Waals surface area contributed by atoms with Crippen LogP contribution in [0.1, 0.15) is 5.56 Å². The Bertz CT molecular complexity index is 1240. The number of pyridine rings is 2. The highest BCUT2D eigenvalue weighted by Crippen LogP contribution is 2.33. The minimum atomic E-state index is -0.324. The van der Waals surface area contributed by atoms with Crippen molar-refractivity contribution >= 4 is 22.1 Å². The average Bonchev–Trinajstić information content (AvgIpc) is 3.24. The number of aromatic amines is 2. The molecule has 7 heteroatoms. The van der Waals surface area contributed by atoms with Gasteiger partial charge in [0, 0.05) is 41.2 Å². The summed E-state index contributed by atoms with van der Waals surface area (Å²) in [6.07, 6.45) is 5.05. The minimum absolute atomic E-state index is 0.324. The van der Waals surface area contributed by atoms with E-state index in [0.717, 1.165) is 22.0 Å². The number of rotatable bonds is 2. The van der Waals surface area contributed by atoms with Crippen molar-refractivity contribution in [2.24, 2.45) is 0 Å². The van der Waals surface area contributed by atoms with Gasteiger partial charge in [0.2, 0.25) is 0 Å². The van der Waals surface area contributed by atoms with Crippen molar-refractivity contribution in [1.29, 1.82) is 0 Å². The predicted octanol–water partition coefficient (Wildman–Crippen LogP) is 4.01. The fraction of sp³-hybridized carbons (Fsp3) is 0.0526. The number of H-pyrrole nitrogens is 2. The Kier molecular flexibility index (Phi) is 3.08. The molecule has 0 saturated heterocycles. The van der Waals surface area contributed by atoms with Gasteiger partial charge in [0.05, 0.1) is 11.0 Å². The van der Waals surface area contributed by atoms with Gasteiger partial charge in [-0.25, -0.2) is 14.4 Å². The van der Waals surface area contributed by atoms with Gasteiger partial charge in [-0.05, 0) is 36.8 Å². The van der Waals surface area contributed by atoms with Crippen molar-refractivity contribution in [3.63, 3.8) is 0 Å². The van der Waals surface area contributed by atoms with Crippen LogP contribution in [-0.4, -0.2) is 30.1 Å². The van der Waals surface area contributed by atoms with Crippen LogP contribution in [0.2, 0.25) is 0 Å². The Morgan fingerprint density at radius 3 is 2.81 bits per heavy atom. The molecule has 0 atom stereocenters. The lowest BCUT2D eigenvalue weighted by atomic mass is 10.0. The van der Waals surface area contributed by atoms with E-state index in [4.69, 9.17) is 0 Å². The molecule has 2 N–H and O–H groups in total. The zero-order valence-electron chi connectivity index (χ0n) is 13.8. The average molecular weight is 344 g/mol. The smallest absolute Gasteiger partial charge is 0.178 e. The van der Waals surface area contributed by atoms with Crippen molar-refractivity contribution in [1.82, 2.24) is 30.1 Å². The van der Waals surface area contributed by atoms with Crippen LogP contribution in [0, 0.1) is 12.7 Å². The van der Waals surface area contributed by atoms with Crippen LogP contribution in [0.3, 0.4) is 0 Å². The summed E-state index contributed by atoms with van der Waals surface area (Å²) in [7, 11) is 0. The Labute approximate surface area is 147 Å². The summed E-state index contributed by atoms with van der Waals surface area (Å²) in [5, 5.41) is 7.99. The molecule has 5 aromatic rings. The van der Waals surface area contributed by atoms with E-state index in [2.05, 4.69) is 30.1 Å². The zero-order chi connectivity index (χ0) is 17.7. The maximum atomic E-state index is 14.7. The molecular weight excluding hydrogens is 331 g/mol. The van der Waals surface area contributed by atoms with Crippen molar-refractivity contribution in [2.75, 3.05) is 0 Å². The number of imidazole rings is 1. The summed E-state index contributed by atoms with van der Waals surface area (Å²) in [5.41, 5.74) is 4.87. The molecule has 0 aliphatic carbocycles. The summed E-state index contributed by atoms with van der Waals surface area (Å²) in [6, 6.07) is 8.84. The lowest BCUT2D eigenvalue weighted by Gasteiger charge is -2.07. The third-order valence-electron chi connectivity index (χ3n) is 4.46. The van der Waals surface area contributed by atoms with Gasteiger partial charge >= 0.3 is 0 Å². The first-order chi connectivity index (χ1) is 12.7. The first-order valence-corrected chi connectivity index (χ1v) is 8.10. The number of fused-ring (bicyclic) bond motifs is 2. The highest BCUT2D eigenvalue weighted by molar-refractivity contribution is 5.95. The molecule has 0 unspecified atom stereocenters. The normalized spacial score (nSPS) is 11.5. The molecule has 0 aliphatic rings. The molecule has 4 heterocycles. The van der Waals surface area contributed by atoms with Crippen molar-refractivity contribution in [3.05, 3.63) is 60.3 Å². The molecule has 4 aromatic heterocycles. The van der Waals surface area contributed by atoms with Crippen LogP contribution in [-0.2, 0) is 0 Å². The summed E-state index contributed by atoms with van der Waals surface area (Å²) in [5.74, 6) is 0.264. The van der Waals surface area contributed by atoms with E-state index in [0.29, 0.717) is 28.2 Å². The number of benzene rings is 1. The predicted molar refractivity (Wildman–Crippen MR) is 96.9 cm³/mol. The molecule has 0 amide bonds. The SMILES string of the molecule is Cc1ccncc1-c1cc2c(-c3nc4ncccc4[nH]3)n[nH]c2cc1F. The molecule has 1 aromatic carbocycles. The van der Waals surface area contributed by atoms with Gasteiger partial charge in [-0.1, -0.05) is 0 Å². The second kappa shape index (κ2) is 5.45. The molecular formula is C19H13FN6. The first-order valence-electron chi connectivity index (χ1n) is 8.10. The number of hydrogen-bond acceptors (Lipinski definition) is 4. The molecule has 0 radical (unpaired) electrons. The van der Waals surface area contributed by atoms with Gasteiger partial charge in [-0.3, -0.25) is 10.1 Å². The number of hydrogen-bond donors (Lipinski definition) is 2. The quantitative estimate of drug-likeness (QED) is 0.507. The first kappa shape index (κ1) is 14.7. The standard InChI is InChI=1S/C19H13FN6/c1-10-4-6-21-9-13(10)11-7-12-16(8-14(11)20)25-26-17(12)19-23-15-3-2-5-22-18(15)24-19/h2-9H,1H3,(H,25,26)(H,22,23,24). The monoisotopic (exact) mass is 344 g/mol. The Balaban J connectivity index is 1.75. The van der Waals surface area contributed by atoms with Crippen LogP contribution in [0.15, 0.2) is 48.9 Å². The molecule has 0 aliphatic heterocycles. The summed E-state index contributed by atoms with van der Waals surface area (Å²) >= 11 is 0. The van der Waals surface area contributed by atoms with Gasteiger partial charge in [0.15, 0.2) is 11.5 Å². The van der Waals surface area contributed by atoms with Crippen LogP contribution in [0.5, 0.6) is 0 Å². The maximum absolute atomic E-state index is 14.7. The van der Waals surface area contributed by atoms with Gasteiger partial charge in [0.1, 0.15) is 11.5 Å². The van der Waals surface area contributed by atoms with Gasteiger partial charge in [-0.15, -0.1) is 0 Å². The lowest BCUT2D eigenvalue weighted by Crippen LogP contribution is -1.90. The van der Waals surface area contributed by atoms with Crippen molar-refractivity contribution in [2.45, 2.75) is 6.92 Å². The number of aryl methyl sites for hydroxylation is 1. The summed E-state index contributed by atoms with van der Waals surface area (Å²) < 4.78 is 14.7. The second-order valence-corrected chi connectivity index (χ2v) is 6.10. The topological polar surface area (TPSA) is 83.1 Å². The van der Waals surface area contributed by atoms with Gasteiger partial charge in [0.25, 0.3) is 0 Å². The highest BCUT2D eigenvalue weighted by atomic mass is 19.1. The van der Waals surface area contributed by atoms with E-state index in [9.17, 15) is 4.39 Å². The van der Waals surface area contributed by atoms with Gasteiger partial charge < -0.3 is 4.98 Å². The van der Waals surface area contributed by atoms with Crippen molar-refractivity contribution in [3.8, 4) is 22.6 Å². The maximum Gasteiger partial charge on any atom is 0.178 e. The molecule has 6 nitrogen and oxygen atoms in total. The lowest BCUT2D eigenvalue weighted by molar-refractivity contribution is 0.632. The van der Waals surface area contributed by atoms with Gasteiger partial charge in [-0.2, -0.15) is 5.10 Å². The van der Waals surface area contributed by atoms with Crippen LogP contribution >= 0.6 is 0 Å². The Hall–Kier alpha value is -3.61. The molecule has 0 bridgehead atoms. The molecule has 126 valence electrons. The fourth-order valence-electron chi connectivity index (χ4n) is 3.13. The number of nitrogens with one attached hydrogen (secondary N) is 2. The minimum Gasteiger partial charge on any atom is -0.335 e. The summed E-state index contributed by atoms with van der Waals surface area (Å²) in [6.45, 7) is 1.93. The van der Waals surface area contributed by atoms with Crippen LogP contribution < -0.4 is 0 Å². The molecule has 0 fully saturated rings. The van der Waals surface area contributed by atoms with E-state index >= 15 is 0 Å². The van der Waals surface area contributed by atoms with Crippen molar-refractivity contribution < 1.29 is 4.39 Å². The molecule has 26 heavy (non-hydrogen) atoms. The third-order valence-corrected chi connectivity index (χ3v) is 4.46. The number of aromatic nitrogens is 6. The Morgan fingerprint density at radius 1 is 1.04 bits per heavy atom. The van der Waals surface area contributed by atoms with E-state index in [-0.39, 0.29) is 5.82 Å². The summed E-state index contributed by atoms with van der Waals surface area (Å²) in [4.78, 5) is 16.1. The van der Waals surface area contributed by atoms with Crippen LogP contribution in [0.25, 0.3) is 44.7 Å². The van der Waals surface area contributed by atoms with E-state index < -0.39 is 0 Å². The largest absolute Gasteiger partial charge is 0.335 e. The number of nitrogens with zero attached hydrogens (tertiary/aromatic N) is 4. The Morgan fingerprint density at radius 2 is 1.96 bits per heavy atom. The fourth-order valence-corrected chi connectivity index (χ4v) is 3.13. The second-order valence-electron chi connectivity index (χ2n) is 6.10. The number of halogens is 1. The highest BCUT2D eigenvalue weighted by Gasteiger charge is 2.17. The van der Waals surface area contributed by atoms with E-state index in [1.54, 1.807) is 24.7 Å². The molecule has 0 saturated carbocycles. The van der Waals surface area contributed by atoms with E-state index in [1.165, 1.54) is 6.07 Å². The third kappa shape index (κ3) is 2.17. The molecule has 5 rings (SSSR count). The van der Waals surface area contributed by atoms with E-state index in [1.807, 2.05) is 25.1 Å². The van der Waals surface area contributed by atoms with Crippen LogP contribution in [0.4, 0.5) is 4.39 Å². The zero-order valence-corrected chi connectivity index (χ0v) is 13.8.